The van der Waals surface area contributed by atoms with E-state index in [1.165, 1.54) is 5.56 Å². The van der Waals surface area contributed by atoms with Crippen LogP contribution in [-0.4, -0.2) is 67.1 Å². The van der Waals surface area contributed by atoms with Crippen molar-refractivity contribution in [2.45, 2.75) is 25.0 Å². The summed E-state index contributed by atoms with van der Waals surface area (Å²) in [5.41, 5.74) is 1.20. The van der Waals surface area contributed by atoms with Crippen LogP contribution in [0.1, 0.15) is 12.0 Å². The number of methoxy groups -OCH3 is 1. The normalized spacial score (nSPS) is 22.9. The van der Waals surface area contributed by atoms with Crippen molar-refractivity contribution >= 4 is 5.91 Å². The Hall–Kier alpha value is -1.46. The van der Waals surface area contributed by atoms with Crippen LogP contribution in [0.15, 0.2) is 24.5 Å². The number of rotatable bonds is 5. The number of hydrogen-bond acceptors (Lipinski definition) is 4. The van der Waals surface area contributed by atoms with E-state index in [2.05, 4.69) is 9.88 Å². The summed E-state index contributed by atoms with van der Waals surface area (Å²) in [4.78, 5) is 20.4. The number of pyridine rings is 1. The molecular formula is C15H23N3O2. The van der Waals surface area contributed by atoms with Gasteiger partial charge in [-0.25, -0.2) is 0 Å². The highest BCUT2D eigenvalue weighted by molar-refractivity contribution is 5.82. The Bertz CT molecular complexity index is 438. The lowest BCUT2D eigenvalue weighted by atomic mass is 10.1. The number of carbonyl (C=O) groups is 1. The first-order valence-corrected chi connectivity index (χ1v) is 6.98. The molecule has 0 aliphatic carbocycles. The van der Waals surface area contributed by atoms with Gasteiger partial charge in [0.05, 0.1) is 12.1 Å². The molecule has 2 atom stereocenters. The molecule has 0 N–H and O–H groups in total. The maximum atomic E-state index is 12.5. The van der Waals surface area contributed by atoms with Gasteiger partial charge in [0.2, 0.25) is 5.91 Å². The van der Waals surface area contributed by atoms with E-state index in [9.17, 15) is 4.79 Å². The molecule has 5 nitrogen and oxygen atoms in total. The van der Waals surface area contributed by atoms with Gasteiger partial charge in [0.15, 0.2) is 0 Å². The zero-order chi connectivity index (χ0) is 14.5. The van der Waals surface area contributed by atoms with Crippen molar-refractivity contribution in [3.63, 3.8) is 0 Å². The molecule has 1 aliphatic heterocycles. The summed E-state index contributed by atoms with van der Waals surface area (Å²) in [5, 5.41) is 0. The largest absolute Gasteiger partial charge is 0.380 e. The Kier molecular flexibility index (Phi) is 5.09. The number of nitrogens with zero attached hydrogens (tertiary/aromatic N) is 3. The third-order valence-corrected chi connectivity index (χ3v) is 3.99. The first-order valence-electron chi connectivity index (χ1n) is 6.98. The van der Waals surface area contributed by atoms with Gasteiger partial charge in [0.1, 0.15) is 0 Å². The van der Waals surface area contributed by atoms with Crippen LogP contribution in [0.4, 0.5) is 0 Å². The lowest BCUT2D eigenvalue weighted by Crippen LogP contribution is -2.43. The number of carbonyl (C=O) groups excluding carboxylic acids is 1. The van der Waals surface area contributed by atoms with Gasteiger partial charge >= 0.3 is 0 Å². The molecule has 0 spiro atoms. The van der Waals surface area contributed by atoms with Gasteiger partial charge < -0.3 is 9.64 Å². The minimum Gasteiger partial charge on any atom is -0.380 e. The van der Waals surface area contributed by atoms with Crippen molar-refractivity contribution in [2.24, 2.45) is 0 Å². The molecule has 0 unspecified atom stereocenters. The number of hydrogen-bond donors (Lipinski definition) is 0. The minimum atomic E-state index is -0.0533. The molecule has 5 heteroatoms. The SMILES string of the molecule is CO[C@H]1C[C@@H](C(=O)N(C)CCc2ccncc2)N(C)C1. The summed E-state index contributed by atoms with van der Waals surface area (Å²) in [5.74, 6) is 0.182. The van der Waals surface area contributed by atoms with Gasteiger partial charge in [-0.3, -0.25) is 14.7 Å². The predicted molar refractivity (Wildman–Crippen MR) is 77.4 cm³/mol. The molecule has 1 aliphatic rings. The monoisotopic (exact) mass is 277 g/mol. The van der Waals surface area contributed by atoms with Crippen molar-refractivity contribution in [1.82, 2.24) is 14.8 Å². The third-order valence-electron chi connectivity index (χ3n) is 3.99. The van der Waals surface area contributed by atoms with E-state index >= 15 is 0 Å². The van der Waals surface area contributed by atoms with Crippen LogP contribution >= 0.6 is 0 Å². The Labute approximate surface area is 120 Å². The van der Waals surface area contributed by atoms with E-state index in [1.807, 2.05) is 31.1 Å². The molecule has 0 aromatic carbocycles. The van der Waals surface area contributed by atoms with E-state index in [0.29, 0.717) is 0 Å². The van der Waals surface area contributed by atoms with Gasteiger partial charge in [0, 0.05) is 39.6 Å². The number of ether oxygens (including phenoxy) is 1. The summed E-state index contributed by atoms with van der Waals surface area (Å²) < 4.78 is 5.35. The van der Waals surface area contributed by atoms with Gasteiger partial charge in [-0.1, -0.05) is 0 Å². The highest BCUT2D eigenvalue weighted by Crippen LogP contribution is 2.19. The van der Waals surface area contributed by atoms with E-state index < -0.39 is 0 Å². The van der Waals surface area contributed by atoms with Crippen molar-refractivity contribution < 1.29 is 9.53 Å². The van der Waals surface area contributed by atoms with Crippen molar-refractivity contribution in [1.29, 1.82) is 0 Å². The molecule has 1 amide bonds. The van der Waals surface area contributed by atoms with Crippen LogP contribution in [0.5, 0.6) is 0 Å². The second kappa shape index (κ2) is 6.81. The number of likely N-dealkylation sites (N-methyl/N-ethyl adjacent to an activating group) is 2. The number of likely N-dealkylation sites (tertiary alicyclic amines) is 1. The standard InChI is InChI=1S/C15H23N3O2/c1-17(9-6-12-4-7-16-8-5-12)15(19)14-10-13(20-3)11-18(14)2/h4-5,7-8,13-14H,6,9-11H2,1-3H3/t13-,14-/m0/s1. The molecule has 1 aromatic heterocycles. The predicted octanol–water partition coefficient (Wildman–Crippen LogP) is 0.802. The van der Waals surface area contributed by atoms with E-state index in [1.54, 1.807) is 19.5 Å². The average Bonchev–Trinajstić information content (AvgIpc) is 2.86. The van der Waals surface area contributed by atoms with Gasteiger partial charge in [-0.05, 0) is 37.6 Å². The number of amides is 1. The van der Waals surface area contributed by atoms with E-state index in [4.69, 9.17) is 4.74 Å². The molecule has 0 radical (unpaired) electrons. The van der Waals surface area contributed by atoms with Crippen LogP contribution in [0, 0.1) is 0 Å². The fraction of sp³-hybridized carbons (Fsp3) is 0.600. The topological polar surface area (TPSA) is 45.7 Å². The molecule has 110 valence electrons. The van der Waals surface area contributed by atoms with Crippen LogP contribution < -0.4 is 0 Å². The summed E-state index contributed by atoms with van der Waals surface area (Å²) in [7, 11) is 5.56. The fourth-order valence-electron chi connectivity index (χ4n) is 2.62. The molecule has 20 heavy (non-hydrogen) atoms. The Morgan fingerprint density at radius 1 is 1.50 bits per heavy atom. The van der Waals surface area contributed by atoms with Crippen molar-refractivity contribution in [3.05, 3.63) is 30.1 Å². The highest BCUT2D eigenvalue weighted by atomic mass is 16.5. The zero-order valence-corrected chi connectivity index (χ0v) is 12.5. The Morgan fingerprint density at radius 3 is 2.80 bits per heavy atom. The van der Waals surface area contributed by atoms with Gasteiger partial charge in [0.25, 0.3) is 0 Å². The van der Waals surface area contributed by atoms with Gasteiger partial charge in [-0.15, -0.1) is 0 Å². The second-order valence-corrected chi connectivity index (χ2v) is 5.41. The fourth-order valence-corrected chi connectivity index (χ4v) is 2.62. The molecular weight excluding hydrogens is 254 g/mol. The zero-order valence-electron chi connectivity index (χ0n) is 12.5. The number of aromatic nitrogens is 1. The minimum absolute atomic E-state index is 0.0533. The molecule has 0 bridgehead atoms. The highest BCUT2D eigenvalue weighted by Gasteiger charge is 2.35. The maximum Gasteiger partial charge on any atom is 0.239 e. The van der Waals surface area contributed by atoms with Crippen LogP contribution in [0.2, 0.25) is 0 Å². The summed E-state index contributed by atoms with van der Waals surface area (Å²) in [6.07, 6.45) is 5.37. The van der Waals surface area contributed by atoms with Crippen LogP contribution in [0.3, 0.4) is 0 Å². The Balaban J connectivity index is 1.86. The molecule has 1 aromatic rings. The lowest BCUT2D eigenvalue weighted by molar-refractivity contribution is -0.134. The second-order valence-electron chi connectivity index (χ2n) is 5.41. The van der Waals surface area contributed by atoms with E-state index in [-0.39, 0.29) is 18.1 Å². The maximum absolute atomic E-state index is 12.5. The quantitative estimate of drug-likeness (QED) is 0.799. The van der Waals surface area contributed by atoms with Crippen molar-refractivity contribution in [3.8, 4) is 0 Å². The molecule has 1 fully saturated rings. The smallest absolute Gasteiger partial charge is 0.239 e. The molecule has 1 saturated heterocycles. The summed E-state index contributed by atoms with van der Waals surface area (Å²) >= 11 is 0. The average molecular weight is 277 g/mol. The van der Waals surface area contributed by atoms with Crippen LogP contribution in [0.25, 0.3) is 0 Å². The van der Waals surface area contributed by atoms with Crippen LogP contribution in [-0.2, 0) is 16.0 Å². The lowest BCUT2D eigenvalue weighted by Gasteiger charge is -2.25. The van der Waals surface area contributed by atoms with Crippen molar-refractivity contribution in [2.75, 3.05) is 34.3 Å². The van der Waals surface area contributed by atoms with E-state index in [0.717, 1.165) is 25.9 Å². The molecule has 2 rings (SSSR count). The summed E-state index contributed by atoms with van der Waals surface area (Å²) in [6, 6.07) is 3.92. The summed E-state index contributed by atoms with van der Waals surface area (Å²) in [6.45, 7) is 1.55. The first kappa shape index (κ1) is 14.9. The third kappa shape index (κ3) is 3.55. The van der Waals surface area contributed by atoms with Gasteiger partial charge in [-0.2, -0.15) is 0 Å². The molecule has 2 heterocycles. The Morgan fingerprint density at radius 2 is 2.20 bits per heavy atom. The first-order chi connectivity index (χ1) is 9.61. The molecule has 0 saturated carbocycles.